The van der Waals surface area contributed by atoms with Gasteiger partial charge in [0.1, 0.15) is 5.75 Å². The van der Waals surface area contributed by atoms with Gasteiger partial charge in [0.2, 0.25) is 0 Å². The molecule has 4 rings (SSSR count). The highest BCUT2D eigenvalue weighted by Crippen LogP contribution is 2.33. The van der Waals surface area contributed by atoms with Gasteiger partial charge >= 0.3 is 0 Å². The van der Waals surface area contributed by atoms with E-state index in [0.29, 0.717) is 18.3 Å². The second-order valence-corrected chi connectivity index (χ2v) is 6.91. The topological polar surface area (TPSA) is 34.5 Å². The largest absolute Gasteiger partial charge is 0.497 e. The summed E-state index contributed by atoms with van der Waals surface area (Å²) in [7, 11) is 1.62. The fourth-order valence-electron chi connectivity index (χ4n) is 3.83. The number of hydrogen-bond acceptors (Lipinski definition) is 2. The molecule has 2 heterocycles. The summed E-state index contributed by atoms with van der Waals surface area (Å²) < 4.78 is 7.58. The van der Waals surface area contributed by atoms with Gasteiger partial charge in [-0.2, -0.15) is 0 Å². The average molecular weight is 334 g/mol. The first kappa shape index (κ1) is 15.8. The summed E-state index contributed by atoms with van der Waals surface area (Å²) in [5, 5.41) is 1.17. The highest BCUT2D eigenvalue weighted by Gasteiger charge is 2.29. The molecule has 0 unspecified atom stereocenters. The van der Waals surface area contributed by atoms with Gasteiger partial charge in [0, 0.05) is 33.9 Å². The van der Waals surface area contributed by atoms with Crippen LogP contribution in [0.1, 0.15) is 41.5 Å². The molecule has 0 N–H and O–H groups in total. The second kappa shape index (κ2) is 5.66. The molecule has 1 aliphatic rings. The third kappa shape index (κ3) is 2.40. The van der Waals surface area contributed by atoms with Gasteiger partial charge in [-0.15, -0.1) is 0 Å². The number of aromatic nitrogens is 1. The molecular weight excluding hydrogens is 312 g/mol. The number of carbonyl (C=O) groups is 1. The molecule has 0 fully saturated rings. The number of ether oxygens (including phenoxy) is 1. The van der Waals surface area contributed by atoms with Gasteiger partial charge in [-0.25, -0.2) is 0 Å². The van der Waals surface area contributed by atoms with Crippen LogP contribution in [0.15, 0.2) is 42.5 Å². The molecule has 0 aliphatic carbocycles. The molecule has 0 saturated heterocycles. The monoisotopic (exact) mass is 334 g/mol. The smallest absolute Gasteiger partial charge is 0.259 e. The number of nitrogens with zero attached hydrogens (tertiary/aromatic N) is 2. The van der Waals surface area contributed by atoms with E-state index in [2.05, 4.69) is 43.5 Å². The first-order valence-corrected chi connectivity index (χ1v) is 8.60. The van der Waals surface area contributed by atoms with Crippen molar-refractivity contribution in [2.24, 2.45) is 0 Å². The molecule has 0 bridgehead atoms. The number of methoxy groups -OCH3 is 1. The number of hydrogen-bond donors (Lipinski definition) is 0. The summed E-state index contributed by atoms with van der Waals surface area (Å²) in [4.78, 5) is 14.7. The number of rotatable bonds is 3. The van der Waals surface area contributed by atoms with Crippen LogP contribution in [0.2, 0.25) is 0 Å². The lowest BCUT2D eigenvalue weighted by Gasteiger charge is -2.17. The van der Waals surface area contributed by atoms with Crippen LogP contribution in [-0.2, 0) is 6.54 Å². The van der Waals surface area contributed by atoms with Crippen molar-refractivity contribution in [2.45, 2.75) is 33.4 Å². The van der Waals surface area contributed by atoms with E-state index in [1.807, 2.05) is 29.2 Å². The Labute approximate surface area is 147 Å². The van der Waals surface area contributed by atoms with Crippen LogP contribution in [0.4, 0.5) is 5.69 Å². The molecule has 0 saturated carbocycles. The van der Waals surface area contributed by atoms with Crippen molar-refractivity contribution in [2.75, 3.05) is 12.0 Å². The van der Waals surface area contributed by atoms with Gasteiger partial charge in [-0.05, 0) is 62.7 Å². The fraction of sp³-hybridized carbons (Fsp3) is 0.286. The Morgan fingerprint density at radius 2 is 1.88 bits per heavy atom. The van der Waals surface area contributed by atoms with Gasteiger partial charge < -0.3 is 14.2 Å². The molecule has 25 heavy (non-hydrogen) atoms. The summed E-state index contributed by atoms with van der Waals surface area (Å²) in [6.07, 6.45) is 0. The van der Waals surface area contributed by atoms with Crippen molar-refractivity contribution in [3.05, 3.63) is 59.3 Å². The third-order valence-electron chi connectivity index (χ3n) is 4.96. The van der Waals surface area contributed by atoms with E-state index < -0.39 is 0 Å². The highest BCUT2D eigenvalue weighted by molar-refractivity contribution is 6.10. The molecule has 0 atom stereocenters. The first-order valence-electron chi connectivity index (χ1n) is 8.60. The summed E-state index contributed by atoms with van der Waals surface area (Å²) in [5.74, 6) is 0.752. The van der Waals surface area contributed by atoms with Crippen molar-refractivity contribution >= 4 is 22.5 Å². The fourth-order valence-corrected chi connectivity index (χ4v) is 3.83. The zero-order valence-electron chi connectivity index (χ0n) is 15.0. The standard InChI is InChI=1S/C21H22N2O2/c1-13(2)23-14(3)9-16-10-17(6-8-20(16)23)22-12-15-5-7-18(25-4)11-19(15)21(22)24/h5-11,13H,12H2,1-4H3. The number of carbonyl (C=O) groups excluding carboxylic acids is 1. The van der Waals surface area contributed by atoms with Crippen LogP contribution < -0.4 is 9.64 Å². The van der Waals surface area contributed by atoms with Crippen molar-refractivity contribution in [3.63, 3.8) is 0 Å². The summed E-state index contributed by atoms with van der Waals surface area (Å²) >= 11 is 0. The van der Waals surface area contributed by atoms with Gasteiger partial charge in [0.05, 0.1) is 13.7 Å². The molecule has 0 radical (unpaired) electrons. The van der Waals surface area contributed by atoms with E-state index in [9.17, 15) is 4.79 Å². The minimum absolute atomic E-state index is 0.0354. The van der Waals surface area contributed by atoms with Crippen LogP contribution >= 0.6 is 0 Å². The highest BCUT2D eigenvalue weighted by atomic mass is 16.5. The molecule has 128 valence electrons. The van der Waals surface area contributed by atoms with Crippen LogP contribution in [0.3, 0.4) is 0 Å². The van der Waals surface area contributed by atoms with Crippen molar-refractivity contribution in [1.29, 1.82) is 0 Å². The van der Waals surface area contributed by atoms with E-state index >= 15 is 0 Å². The zero-order valence-corrected chi connectivity index (χ0v) is 15.0. The van der Waals surface area contributed by atoms with E-state index in [-0.39, 0.29) is 5.91 Å². The lowest BCUT2D eigenvalue weighted by atomic mass is 10.1. The van der Waals surface area contributed by atoms with E-state index in [4.69, 9.17) is 4.74 Å². The molecule has 3 aromatic rings. The number of amides is 1. The van der Waals surface area contributed by atoms with Gasteiger partial charge in [0.15, 0.2) is 0 Å². The van der Waals surface area contributed by atoms with E-state index in [0.717, 1.165) is 16.8 Å². The maximum absolute atomic E-state index is 12.8. The van der Waals surface area contributed by atoms with Crippen LogP contribution in [0.25, 0.3) is 10.9 Å². The number of aryl methyl sites for hydroxylation is 1. The lowest BCUT2D eigenvalue weighted by Crippen LogP contribution is -2.22. The molecule has 1 aromatic heterocycles. The Morgan fingerprint density at radius 1 is 1.08 bits per heavy atom. The molecule has 1 aliphatic heterocycles. The molecular formula is C21H22N2O2. The third-order valence-corrected chi connectivity index (χ3v) is 4.96. The quantitative estimate of drug-likeness (QED) is 0.696. The van der Waals surface area contributed by atoms with Crippen molar-refractivity contribution in [1.82, 2.24) is 4.57 Å². The zero-order chi connectivity index (χ0) is 17.7. The Hall–Kier alpha value is -2.75. The van der Waals surface area contributed by atoms with Gasteiger partial charge in [0.25, 0.3) is 5.91 Å². The Kier molecular flexibility index (Phi) is 3.57. The molecule has 1 amide bonds. The molecule has 2 aromatic carbocycles. The van der Waals surface area contributed by atoms with Crippen molar-refractivity contribution in [3.8, 4) is 5.75 Å². The first-order chi connectivity index (χ1) is 12.0. The molecule has 4 heteroatoms. The van der Waals surface area contributed by atoms with Gasteiger partial charge in [-0.3, -0.25) is 4.79 Å². The second-order valence-electron chi connectivity index (χ2n) is 6.91. The Bertz CT molecular complexity index is 985. The molecule has 0 spiro atoms. The predicted molar refractivity (Wildman–Crippen MR) is 101 cm³/mol. The predicted octanol–water partition coefficient (Wildman–Crippen LogP) is 4.70. The number of benzene rings is 2. The maximum atomic E-state index is 12.8. The van der Waals surface area contributed by atoms with Crippen LogP contribution in [0, 0.1) is 6.92 Å². The Balaban J connectivity index is 1.75. The minimum Gasteiger partial charge on any atom is -0.497 e. The molecule has 4 nitrogen and oxygen atoms in total. The van der Waals surface area contributed by atoms with Crippen LogP contribution in [0.5, 0.6) is 5.75 Å². The van der Waals surface area contributed by atoms with Gasteiger partial charge in [-0.1, -0.05) is 6.07 Å². The Morgan fingerprint density at radius 3 is 2.60 bits per heavy atom. The SMILES string of the molecule is COc1ccc2c(c1)C(=O)N(c1ccc3c(c1)cc(C)n3C(C)C)C2. The summed E-state index contributed by atoms with van der Waals surface area (Å²) in [6.45, 7) is 7.11. The summed E-state index contributed by atoms with van der Waals surface area (Å²) in [5.41, 5.74) is 5.16. The van der Waals surface area contributed by atoms with E-state index in [1.54, 1.807) is 7.11 Å². The van der Waals surface area contributed by atoms with E-state index in [1.165, 1.54) is 16.6 Å². The van der Waals surface area contributed by atoms with Crippen molar-refractivity contribution < 1.29 is 9.53 Å². The maximum Gasteiger partial charge on any atom is 0.259 e. The number of fused-ring (bicyclic) bond motifs is 2. The number of anilines is 1. The lowest BCUT2D eigenvalue weighted by molar-refractivity contribution is 0.0996. The minimum atomic E-state index is 0.0354. The van der Waals surface area contributed by atoms with Crippen LogP contribution in [-0.4, -0.2) is 17.6 Å². The summed E-state index contributed by atoms with van der Waals surface area (Å²) in [6, 6.07) is 14.6. The normalized spacial score (nSPS) is 13.8. The average Bonchev–Trinajstić information content (AvgIpc) is 3.10.